The van der Waals surface area contributed by atoms with Gasteiger partial charge in [-0.05, 0) is 20.8 Å². The van der Waals surface area contributed by atoms with Crippen LogP contribution in [0.25, 0.3) is 0 Å². The fourth-order valence-electron chi connectivity index (χ4n) is 0.688. The van der Waals surface area contributed by atoms with Gasteiger partial charge in [-0.3, -0.25) is 0 Å². The molecule has 0 rings (SSSR count). The summed E-state index contributed by atoms with van der Waals surface area (Å²) in [5.74, 6) is -2.16. The van der Waals surface area contributed by atoms with Gasteiger partial charge in [-0.15, -0.1) is 0 Å². The molecule has 0 aliphatic heterocycles. The summed E-state index contributed by atoms with van der Waals surface area (Å²) in [6, 6.07) is 0. The van der Waals surface area contributed by atoms with Gasteiger partial charge in [-0.25, -0.2) is 0 Å². The van der Waals surface area contributed by atoms with Crippen molar-refractivity contribution in [2.24, 2.45) is 0 Å². The van der Waals surface area contributed by atoms with E-state index >= 15 is 0 Å². The van der Waals surface area contributed by atoms with Crippen molar-refractivity contribution in [1.29, 1.82) is 0 Å². The lowest BCUT2D eigenvalue weighted by Gasteiger charge is -2.27. The van der Waals surface area contributed by atoms with Crippen LogP contribution in [0.1, 0.15) is 20.8 Å². The van der Waals surface area contributed by atoms with Crippen LogP contribution in [0.2, 0.25) is 0 Å². The minimum atomic E-state index is -2.16. The van der Waals surface area contributed by atoms with E-state index in [2.05, 4.69) is 4.74 Å². The Morgan fingerprint density at radius 1 is 1.27 bits per heavy atom. The van der Waals surface area contributed by atoms with Crippen LogP contribution in [-0.2, 0) is 9.47 Å². The van der Waals surface area contributed by atoms with E-state index in [0.29, 0.717) is 6.61 Å². The maximum absolute atomic E-state index is 9.12. The van der Waals surface area contributed by atoms with Gasteiger partial charge in [0.05, 0.1) is 0 Å². The molecule has 68 valence electrons. The average Bonchev–Trinajstić information content (AvgIpc) is 1.88. The van der Waals surface area contributed by atoms with Crippen LogP contribution in [-0.4, -0.2) is 35.5 Å². The van der Waals surface area contributed by atoms with Crippen LogP contribution < -0.4 is 0 Å². The van der Waals surface area contributed by atoms with E-state index in [-0.39, 0.29) is 6.61 Å². The van der Waals surface area contributed by atoms with E-state index in [1.165, 1.54) is 0 Å². The van der Waals surface area contributed by atoms with Crippen molar-refractivity contribution in [1.82, 2.24) is 0 Å². The van der Waals surface area contributed by atoms with E-state index in [1.54, 1.807) is 20.8 Å². The second-order valence-corrected chi connectivity index (χ2v) is 2.19. The van der Waals surface area contributed by atoms with Gasteiger partial charge in [0.15, 0.2) is 0 Å². The summed E-state index contributed by atoms with van der Waals surface area (Å²) in [6.45, 7) is 5.67. The first-order valence-electron chi connectivity index (χ1n) is 3.74. The van der Waals surface area contributed by atoms with E-state index in [9.17, 15) is 0 Å². The van der Waals surface area contributed by atoms with Gasteiger partial charge in [0, 0.05) is 13.2 Å². The molecule has 0 bridgehead atoms. The zero-order valence-corrected chi connectivity index (χ0v) is 7.20. The third kappa shape index (κ3) is 3.67. The first-order valence-corrected chi connectivity index (χ1v) is 3.74. The van der Waals surface area contributed by atoms with Crippen molar-refractivity contribution in [3.63, 3.8) is 0 Å². The molecule has 11 heavy (non-hydrogen) atoms. The summed E-state index contributed by atoms with van der Waals surface area (Å²) in [5, 5.41) is 18.2. The molecule has 0 aromatic rings. The Balaban J connectivity index is 3.83. The number of rotatable bonds is 5. The van der Waals surface area contributed by atoms with Crippen molar-refractivity contribution >= 4 is 0 Å². The fraction of sp³-hybridized carbons (Fsp3) is 1.00. The van der Waals surface area contributed by atoms with Crippen LogP contribution in [0.15, 0.2) is 0 Å². The summed E-state index contributed by atoms with van der Waals surface area (Å²) in [4.78, 5) is 0. The van der Waals surface area contributed by atoms with Crippen molar-refractivity contribution in [3.8, 4) is 0 Å². The van der Waals surface area contributed by atoms with Crippen molar-refractivity contribution in [2.75, 3.05) is 13.2 Å². The highest BCUT2D eigenvalue weighted by atomic mass is 16.8. The molecule has 2 N–H and O–H groups in total. The third-order valence-electron chi connectivity index (χ3n) is 1.30. The average molecular weight is 164 g/mol. The van der Waals surface area contributed by atoms with Gasteiger partial charge in [-0.2, -0.15) is 0 Å². The highest BCUT2D eigenvalue weighted by Crippen LogP contribution is 2.11. The SMILES string of the molecule is CCOC(C)C(O)(O)OCC. The van der Waals surface area contributed by atoms with Gasteiger partial charge in [-0.1, -0.05) is 0 Å². The minimum absolute atomic E-state index is 0.240. The number of hydrogen-bond donors (Lipinski definition) is 2. The van der Waals surface area contributed by atoms with E-state index in [4.69, 9.17) is 14.9 Å². The number of hydrogen-bond acceptors (Lipinski definition) is 4. The molecule has 1 atom stereocenters. The molecule has 1 unspecified atom stereocenters. The Hall–Kier alpha value is -0.160. The topological polar surface area (TPSA) is 58.9 Å². The van der Waals surface area contributed by atoms with Crippen LogP contribution in [0.3, 0.4) is 0 Å². The molecule has 0 radical (unpaired) electrons. The second-order valence-electron chi connectivity index (χ2n) is 2.19. The molecule has 4 heteroatoms. The Bertz CT molecular complexity index is 103. The molecule has 0 saturated heterocycles. The standard InChI is InChI=1S/C7H16O4/c1-4-10-6(3)7(8,9)11-5-2/h6,8-9H,4-5H2,1-3H3. The maximum atomic E-state index is 9.12. The second kappa shape index (κ2) is 4.66. The van der Waals surface area contributed by atoms with E-state index < -0.39 is 12.1 Å². The minimum Gasteiger partial charge on any atom is -0.370 e. The predicted octanol–water partition coefficient (Wildman–Crippen LogP) is 0.0863. The van der Waals surface area contributed by atoms with Crippen molar-refractivity contribution < 1.29 is 19.7 Å². The Kier molecular flexibility index (Phi) is 4.60. The quantitative estimate of drug-likeness (QED) is 0.565. The molecule has 0 heterocycles. The van der Waals surface area contributed by atoms with Crippen molar-refractivity contribution in [2.45, 2.75) is 32.8 Å². The van der Waals surface area contributed by atoms with Crippen LogP contribution >= 0.6 is 0 Å². The summed E-state index contributed by atoms with van der Waals surface area (Å²) in [6.07, 6.45) is -0.729. The normalized spacial score (nSPS) is 15.0. The molecular weight excluding hydrogens is 148 g/mol. The molecule has 4 nitrogen and oxygen atoms in total. The Morgan fingerprint density at radius 2 is 1.82 bits per heavy atom. The van der Waals surface area contributed by atoms with Gasteiger partial charge >= 0.3 is 5.97 Å². The fourth-order valence-corrected chi connectivity index (χ4v) is 0.688. The lowest BCUT2D eigenvalue weighted by atomic mass is 10.3. The van der Waals surface area contributed by atoms with Gasteiger partial charge in [0.2, 0.25) is 0 Å². The largest absolute Gasteiger partial charge is 0.370 e. The smallest absolute Gasteiger partial charge is 0.305 e. The summed E-state index contributed by atoms with van der Waals surface area (Å²) in [7, 11) is 0. The lowest BCUT2D eigenvalue weighted by molar-refractivity contribution is -0.377. The highest BCUT2D eigenvalue weighted by molar-refractivity contribution is 4.60. The third-order valence-corrected chi connectivity index (χ3v) is 1.30. The van der Waals surface area contributed by atoms with Crippen molar-refractivity contribution in [3.05, 3.63) is 0 Å². The maximum Gasteiger partial charge on any atom is 0.305 e. The Morgan fingerprint density at radius 3 is 2.18 bits per heavy atom. The molecule has 0 saturated carbocycles. The summed E-state index contributed by atoms with van der Waals surface area (Å²) >= 11 is 0. The van der Waals surface area contributed by atoms with Crippen LogP contribution in [0.4, 0.5) is 0 Å². The van der Waals surface area contributed by atoms with Gasteiger partial charge < -0.3 is 19.7 Å². The number of ether oxygens (including phenoxy) is 2. The molecule has 0 spiro atoms. The number of aliphatic hydroxyl groups is 2. The van der Waals surface area contributed by atoms with Gasteiger partial charge in [0.1, 0.15) is 6.10 Å². The molecular formula is C7H16O4. The van der Waals surface area contributed by atoms with E-state index in [1.807, 2.05) is 0 Å². The zero-order chi connectivity index (χ0) is 8.91. The van der Waals surface area contributed by atoms with Crippen LogP contribution in [0, 0.1) is 0 Å². The van der Waals surface area contributed by atoms with Gasteiger partial charge in [0.25, 0.3) is 0 Å². The van der Waals surface area contributed by atoms with Crippen LogP contribution in [0.5, 0.6) is 0 Å². The zero-order valence-electron chi connectivity index (χ0n) is 7.20. The predicted molar refractivity (Wildman–Crippen MR) is 39.9 cm³/mol. The molecule has 0 aromatic carbocycles. The molecule has 0 aliphatic rings. The first-order chi connectivity index (χ1) is 5.04. The summed E-state index contributed by atoms with van der Waals surface area (Å²) < 4.78 is 9.56. The summed E-state index contributed by atoms with van der Waals surface area (Å²) in [5.41, 5.74) is 0. The molecule has 0 aromatic heterocycles. The molecule has 0 amide bonds. The Labute approximate surface area is 66.7 Å². The lowest BCUT2D eigenvalue weighted by Crippen LogP contribution is -2.44. The first kappa shape index (κ1) is 10.8. The molecule has 0 aliphatic carbocycles. The molecule has 0 fully saturated rings. The monoisotopic (exact) mass is 164 g/mol. The highest BCUT2D eigenvalue weighted by Gasteiger charge is 2.32. The van der Waals surface area contributed by atoms with E-state index in [0.717, 1.165) is 0 Å².